The van der Waals surface area contributed by atoms with E-state index in [0.717, 1.165) is 28.4 Å². The second-order valence-electron chi connectivity index (χ2n) is 5.13. The van der Waals surface area contributed by atoms with Crippen molar-refractivity contribution >= 4 is 46.2 Å². The van der Waals surface area contributed by atoms with Gasteiger partial charge in [-0.05, 0) is 35.9 Å². The summed E-state index contributed by atoms with van der Waals surface area (Å²) in [4.78, 5) is 0. The number of hydrogen-bond acceptors (Lipinski definition) is 2. The first-order chi connectivity index (χ1) is 10.6. The third kappa shape index (κ3) is 3.93. The zero-order chi connectivity index (χ0) is 15.7. The van der Waals surface area contributed by atoms with Gasteiger partial charge in [0.2, 0.25) is 0 Å². The molecule has 0 spiro atoms. The number of benzene rings is 2. The summed E-state index contributed by atoms with van der Waals surface area (Å²) in [5, 5.41) is 8.53. The van der Waals surface area contributed by atoms with Crippen LogP contribution in [0, 0.1) is 0 Å². The van der Waals surface area contributed by atoms with Crippen molar-refractivity contribution in [2.24, 2.45) is 5.10 Å². The van der Waals surface area contributed by atoms with Gasteiger partial charge in [0.25, 0.3) is 0 Å². The largest absolute Gasteiger partial charge is 1.00 e. The Kier molecular flexibility index (Phi) is 6.18. The molecule has 0 fully saturated rings. The fourth-order valence-electron chi connectivity index (χ4n) is 2.56. The summed E-state index contributed by atoms with van der Waals surface area (Å²) in [5.41, 5.74) is 6.97. The van der Waals surface area contributed by atoms with Crippen molar-refractivity contribution in [3.63, 3.8) is 0 Å². The first-order valence-corrected chi connectivity index (χ1v) is 8.07. The van der Waals surface area contributed by atoms with Crippen molar-refractivity contribution in [2.45, 2.75) is 12.5 Å². The van der Waals surface area contributed by atoms with E-state index >= 15 is 0 Å². The molecule has 0 amide bonds. The quantitative estimate of drug-likeness (QED) is 0.840. The minimum atomic E-state index is 0. The molecule has 3 nitrogen and oxygen atoms in total. The molecule has 0 radical (unpaired) electrons. The number of anilines is 1. The molecule has 0 aliphatic carbocycles. The van der Waals surface area contributed by atoms with E-state index < -0.39 is 0 Å². The molecule has 1 heterocycles. The molecular weight excluding hydrogens is 376 g/mol. The Balaban J connectivity index is 0.00000192. The fourth-order valence-corrected chi connectivity index (χ4v) is 3.18. The molecular formula is C16H15Cl4N3. The molecule has 23 heavy (non-hydrogen) atoms. The van der Waals surface area contributed by atoms with E-state index in [0.29, 0.717) is 16.6 Å². The molecule has 0 saturated carbocycles. The summed E-state index contributed by atoms with van der Waals surface area (Å²) in [7, 11) is 0. The second kappa shape index (κ2) is 7.73. The van der Waals surface area contributed by atoms with Crippen LogP contribution in [0.4, 0.5) is 5.69 Å². The van der Waals surface area contributed by atoms with Gasteiger partial charge < -0.3 is 18.1 Å². The SMILES string of the molecule is [Cl-].[NH3+]CC1=NN(c2ccc(Cl)cc2Cl)C(c2ccc(Cl)cc2)C1. The average Bonchev–Trinajstić information content (AvgIpc) is 2.92. The van der Waals surface area contributed by atoms with Crippen molar-refractivity contribution in [2.75, 3.05) is 11.6 Å². The smallest absolute Gasteiger partial charge is 0.115 e. The molecule has 122 valence electrons. The van der Waals surface area contributed by atoms with Crippen LogP contribution in [0.15, 0.2) is 47.6 Å². The summed E-state index contributed by atoms with van der Waals surface area (Å²) in [6.45, 7) is 0.672. The Morgan fingerprint density at radius 1 is 1.04 bits per heavy atom. The zero-order valence-electron chi connectivity index (χ0n) is 12.1. The highest BCUT2D eigenvalue weighted by molar-refractivity contribution is 6.36. The van der Waals surface area contributed by atoms with Crippen LogP contribution in [-0.2, 0) is 0 Å². The lowest BCUT2D eigenvalue weighted by atomic mass is 10.0. The maximum absolute atomic E-state index is 6.35. The van der Waals surface area contributed by atoms with Gasteiger partial charge in [-0.3, -0.25) is 5.01 Å². The van der Waals surface area contributed by atoms with Gasteiger partial charge >= 0.3 is 0 Å². The first kappa shape index (κ1) is 18.4. The van der Waals surface area contributed by atoms with E-state index in [1.165, 1.54) is 0 Å². The summed E-state index contributed by atoms with van der Waals surface area (Å²) in [6.07, 6.45) is 0.823. The lowest BCUT2D eigenvalue weighted by molar-refractivity contribution is -0.346. The topological polar surface area (TPSA) is 43.2 Å². The lowest BCUT2D eigenvalue weighted by Gasteiger charge is -2.25. The standard InChI is InChI=1S/C16H14Cl3N3.ClH/c17-11-3-1-10(2-4-11)16-8-13(9-20)21-22(16)15-6-5-12(18)7-14(15)19;/h1-7,16H,8-9,20H2;1H. The van der Waals surface area contributed by atoms with Crippen molar-refractivity contribution in [3.05, 3.63) is 63.1 Å². The van der Waals surface area contributed by atoms with E-state index in [4.69, 9.17) is 34.8 Å². The third-order valence-electron chi connectivity index (χ3n) is 3.67. The van der Waals surface area contributed by atoms with Crippen molar-refractivity contribution < 1.29 is 18.1 Å². The van der Waals surface area contributed by atoms with E-state index in [-0.39, 0.29) is 18.4 Å². The predicted octanol–water partition coefficient (Wildman–Crippen LogP) is 1.20. The number of quaternary nitrogens is 1. The number of hydrogen-bond donors (Lipinski definition) is 1. The Bertz CT molecular complexity index is 716. The molecule has 3 rings (SSSR count). The van der Waals surface area contributed by atoms with Crippen LogP contribution in [0.2, 0.25) is 15.1 Å². The minimum absolute atomic E-state index is 0. The molecule has 1 aliphatic rings. The number of nitrogens with zero attached hydrogens (tertiary/aromatic N) is 2. The second-order valence-corrected chi connectivity index (χ2v) is 6.41. The summed E-state index contributed by atoms with van der Waals surface area (Å²) in [5.74, 6) is 0. The molecule has 1 unspecified atom stereocenters. The van der Waals surface area contributed by atoms with E-state index in [1.807, 2.05) is 41.4 Å². The Morgan fingerprint density at radius 2 is 1.70 bits per heavy atom. The van der Waals surface area contributed by atoms with Crippen LogP contribution in [-0.4, -0.2) is 12.3 Å². The lowest BCUT2D eigenvalue weighted by Crippen LogP contribution is -3.00. The van der Waals surface area contributed by atoms with Crippen LogP contribution < -0.4 is 23.1 Å². The van der Waals surface area contributed by atoms with Crippen LogP contribution in [0.5, 0.6) is 0 Å². The Morgan fingerprint density at radius 3 is 2.30 bits per heavy atom. The maximum Gasteiger partial charge on any atom is 0.115 e. The van der Waals surface area contributed by atoms with Crippen molar-refractivity contribution in [1.82, 2.24) is 0 Å². The van der Waals surface area contributed by atoms with E-state index in [2.05, 4.69) is 10.8 Å². The highest BCUT2D eigenvalue weighted by Gasteiger charge is 2.30. The molecule has 3 N–H and O–H groups in total. The molecule has 2 aromatic carbocycles. The van der Waals surface area contributed by atoms with Crippen LogP contribution >= 0.6 is 34.8 Å². The van der Waals surface area contributed by atoms with Gasteiger partial charge in [0, 0.05) is 16.5 Å². The first-order valence-electron chi connectivity index (χ1n) is 6.94. The monoisotopic (exact) mass is 389 g/mol. The minimum Gasteiger partial charge on any atom is -1.00 e. The molecule has 1 aliphatic heterocycles. The van der Waals surface area contributed by atoms with Gasteiger partial charge in [0.15, 0.2) is 0 Å². The third-order valence-corrected chi connectivity index (χ3v) is 4.46. The van der Waals surface area contributed by atoms with Crippen LogP contribution in [0.1, 0.15) is 18.0 Å². The molecule has 0 bridgehead atoms. The zero-order valence-corrected chi connectivity index (χ0v) is 15.2. The molecule has 0 aromatic heterocycles. The maximum atomic E-state index is 6.35. The predicted molar refractivity (Wildman–Crippen MR) is 92.9 cm³/mol. The van der Waals surface area contributed by atoms with Gasteiger partial charge in [-0.2, -0.15) is 5.10 Å². The van der Waals surface area contributed by atoms with E-state index in [9.17, 15) is 0 Å². The number of rotatable bonds is 3. The van der Waals surface area contributed by atoms with Crippen molar-refractivity contribution in [1.29, 1.82) is 0 Å². The summed E-state index contributed by atoms with van der Waals surface area (Å²) < 4.78 is 0. The van der Waals surface area contributed by atoms with Gasteiger partial charge in [0.05, 0.1) is 22.5 Å². The highest BCUT2D eigenvalue weighted by Crippen LogP contribution is 2.39. The molecule has 2 aromatic rings. The average molecular weight is 391 g/mol. The molecule has 7 heteroatoms. The van der Waals surface area contributed by atoms with Gasteiger partial charge in [-0.15, -0.1) is 0 Å². The molecule has 1 atom stereocenters. The van der Waals surface area contributed by atoms with E-state index in [1.54, 1.807) is 6.07 Å². The normalized spacial score (nSPS) is 17.0. The summed E-state index contributed by atoms with van der Waals surface area (Å²) >= 11 is 18.3. The van der Waals surface area contributed by atoms with Crippen molar-refractivity contribution in [3.8, 4) is 0 Å². The Labute approximate surface area is 156 Å². The molecule has 0 saturated heterocycles. The van der Waals surface area contributed by atoms with Gasteiger partial charge in [-0.1, -0.05) is 46.9 Å². The summed E-state index contributed by atoms with van der Waals surface area (Å²) in [6, 6.07) is 13.4. The fraction of sp³-hybridized carbons (Fsp3) is 0.188. The highest BCUT2D eigenvalue weighted by atomic mass is 35.5. The Hall–Kier alpha value is -0.970. The van der Waals surface area contributed by atoms with Crippen LogP contribution in [0.25, 0.3) is 0 Å². The van der Waals surface area contributed by atoms with Gasteiger partial charge in [-0.25, -0.2) is 0 Å². The van der Waals surface area contributed by atoms with Crippen LogP contribution in [0.3, 0.4) is 0 Å². The number of halogens is 4. The van der Waals surface area contributed by atoms with Gasteiger partial charge in [0.1, 0.15) is 6.54 Å². The number of hydrazone groups is 1.